The number of piperidine rings is 1. The second-order valence-corrected chi connectivity index (χ2v) is 13.2. The molecule has 1 saturated heterocycles. The summed E-state index contributed by atoms with van der Waals surface area (Å²) < 4.78 is 18.1. The van der Waals surface area contributed by atoms with Crippen molar-refractivity contribution in [3.8, 4) is 0 Å². The summed E-state index contributed by atoms with van der Waals surface area (Å²) in [5, 5.41) is 0.935. The van der Waals surface area contributed by atoms with Gasteiger partial charge in [0.2, 0.25) is 5.95 Å². The fourth-order valence-electron chi connectivity index (χ4n) is 5.09. The average molecular weight is 485 g/mol. The van der Waals surface area contributed by atoms with Crippen molar-refractivity contribution in [3.05, 3.63) is 43.0 Å². The van der Waals surface area contributed by atoms with Crippen LogP contribution >= 0.6 is 11.8 Å². The molecule has 7 nitrogen and oxygen atoms in total. The third-order valence-corrected chi connectivity index (χ3v) is 9.55. The van der Waals surface area contributed by atoms with Gasteiger partial charge in [0.25, 0.3) is 0 Å². The Hall–Kier alpha value is -1.81. The Morgan fingerprint density at radius 2 is 1.94 bits per heavy atom. The van der Waals surface area contributed by atoms with Gasteiger partial charge in [-0.1, -0.05) is 24.2 Å². The summed E-state index contributed by atoms with van der Waals surface area (Å²) in [5.74, 6) is 0.948. The molecule has 1 aliphatic carbocycles. The molecule has 176 valence electrons. The number of hydrogen-bond acceptors (Lipinski definition) is 7. The molecule has 4 heterocycles. The van der Waals surface area contributed by atoms with Crippen LogP contribution in [0.3, 0.4) is 0 Å². The van der Waals surface area contributed by atoms with Gasteiger partial charge in [-0.3, -0.25) is 4.40 Å². The smallest absolute Gasteiger partial charge is 0.211 e. The van der Waals surface area contributed by atoms with Crippen molar-refractivity contribution < 1.29 is 4.55 Å². The van der Waals surface area contributed by atoms with Gasteiger partial charge in [0, 0.05) is 49.2 Å². The standard InChI is InChI=1S/C24H32N6OS2/c1-23(2,3)33(31)28-19-7-6-9-24(19)10-14-29(15-11-24)22-27-17-18(21-26-13-16-30(21)22)32-20-8-4-5-12-25-20/h4-5,8,12-13,16-17,19,28H,6-7,9-11,14-15H2,1-3H3/t19-,33+/m1/s1. The van der Waals surface area contributed by atoms with Gasteiger partial charge in [0.05, 0.1) is 10.9 Å². The van der Waals surface area contributed by atoms with Gasteiger partial charge >= 0.3 is 0 Å². The van der Waals surface area contributed by atoms with Crippen LogP contribution in [0.4, 0.5) is 5.95 Å². The normalized spacial score (nSPS) is 21.7. The summed E-state index contributed by atoms with van der Waals surface area (Å²) in [4.78, 5) is 17.3. The molecule has 0 amide bonds. The molecule has 1 saturated carbocycles. The SMILES string of the molecule is CC(C)(C)[S@+]([O-])N[C@@H]1CCCC12CCN(c1ncc(Sc3ccccn3)c3nccn13)CC2. The van der Waals surface area contributed by atoms with E-state index in [1.807, 2.05) is 57.6 Å². The van der Waals surface area contributed by atoms with Crippen LogP contribution in [-0.4, -0.2) is 47.8 Å². The number of imidazole rings is 1. The number of hydrogen-bond donors (Lipinski definition) is 1. The van der Waals surface area contributed by atoms with Crippen molar-refractivity contribution >= 4 is 34.7 Å². The Bertz CT molecular complexity index is 1090. The minimum absolute atomic E-state index is 0.236. The van der Waals surface area contributed by atoms with Gasteiger partial charge in [-0.25, -0.2) is 15.0 Å². The first kappa shape index (κ1) is 23.0. The Labute approximate surface area is 203 Å². The number of aromatic nitrogens is 4. The summed E-state index contributed by atoms with van der Waals surface area (Å²) in [5.41, 5.74) is 1.15. The fourth-order valence-corrected chi connectivity index (χ4v) is 6.90. The molecule has 0 radical (unpaired) electrons. The zero-order valence-electron chi connectivity index (χ0n) is 19.5. The van der Waals surface area contributed by atoms with Crippen LogP contribution in [0.15, 0.2) is 52.9 Å². The molecule has 1 spiro atoms. The third kappa shape index (κ3) is 4.60. The number of nitrogens with zero attached hydrogens (tertiary/aromatic N) is 5. The summed E-state index contributed by atoms with van der Waals surface area (Å²) >= 11 is 0.559. The molecule has 2 atom stereocenters. The number of fused-ring (bicyclic) bond motifs is 1. The lowest BCUT2D eigenvalue weighted by molar-refractivity contribution is 0.186. The molecule has 2 fully saturated rings. The van der Waals surface area contributed by atoms with Gasteiger partial charge in [-0.2, -0.15) is 0 Å². The highest BCUT2D eigenvalue weighted by Crippen LogP contribution is 2.47. The van der Waals surface area contributed by atoms with E-state index in [1.165, 1.54) is 12.8 Å². The van der Waals surface area contributed by atoms with Crippen LogP contribution in [0.25, 0.3) is 5.65 Å². The Kier molecular flexibility index (Phi) is 6.32. The van der Waals surface area contributed by atoms with Crippen LogP contribution < -0.4 is 9.62 Å². The van der Waals surface area contributed by atoms with Crippen LogP contribution in [0.5, 0.6) is 0 Å². The molecule has 1 aliphatic heterocycles. The fraction of sp³-hybridized carbons (Fsp3) is 0.542. The van der Waals surface area contributed by atoms with E-state index in [0.717, 1.165) is 53.9 Å². The number of nitrogens with one attached hydrogen (secondary N) is 1. The van der Waals surface area contributed by atoms with E-state index >= 15 is 0 Å². The van der Waals surface area contributed by atoms with Crippen LogP contribution in [0.1, 0.15) is 52.9 Å². The molecule has 33 heavy (non-hydrogen) atoms. The number of anilines is 1. The van der Waals surface area contributed by atoms with E-state index in [-0.39, 0.29) is 10.2 Å². The first-order chi connectivity index (χ1) is 15.9. The van der Waals surface area contributed by atoms with Crippen LogP contribution in [-0.2, 0) is 11.4 Å². The monoisotopic (exact) mass is 484 g/mol. The van der Waals surface area contributed by atoms with E-state index in [2.05, 4.69) is 24.0 Å². The van der Waals surface area contributed by atoms with E-state index in [9.17, 15) is 4.55 Å². The molecular weight excluding hydrogens is 452 g/mol. The molecule has 0 aromatic carbocycles. The predicted molar refractivity (Wildman–Crippen MR) is 134 cm³/mol. The third-order valence-electron chi connectivity index (χ3n) is 6.98. The van der Waals surface area contributed by atoms with Crippen LogP contribution in [0, 0.1) is 5.41 Å². The van der Waals surface area contributed by atoms with Gasteiger partial charge in [-0.05, 0) is 64.0 Å². The topological polar surface area (TPSA) is 81.4 Å². The Balaban J connectivity index is 1.32. The van der Waals surface area contributed by atoms with Crippen molar-refractivity contribution in [1.82, 2.24) is 24.1 Å². The molecule has 3 aromatic rings. The van der Waals surface area contributed by atoms with Crippen molar-refractivity contribution in [3.63, 3.8) is 0 Å². The predicted octanol–water partition coefficient (Wildman–Crippen LogP) is 4.47. The van der Waals surface area contributed by atoms with E-state index in [1.54, 1.807) is 18.0 Å². The zero-order valence-corrected chi connectivity index (χ0v) is 21.2. The first-order valence-electron chi connectivity index (χ1n) is 11.7. The Morgan fingerprint density at radius 3 is 2.67 bits per heavy atom. The summed E-state index contributed by atoms with van der Waals surface area (Å²) in [6.07, 6.45) is 13.3. The minimum Gasteiger partial charge on any atom is -0.598 e. The summed E-state index contributed by atoms with van der Waals surface area (Å²) in [6.45, 7) is 8.02. The lowest BCUT2D eigenvalue weighted by atomic mass is 9.74. The van der Waals surface area contributed by atoms with E-state index < -0.39 is 11.4 Å². The second-order valence-electron chi connectivity index (χ2n) is 10.1. The number of rotatable bonds is 5. The van der Waals surface area contributed by atoms with Gasteiger partial charge in [0.15, 0.2) is 5.65 Å². The molecule has 0 unspecified atom stereocenters. The lowest BCUT2D eigenvalue weighted by Gasteiger charge is -2.44. The first-order valence-corrected chi connectivity index (χ1v) is 13.7. The quantitative estimate of drug-likeness (QED) is 0.535. The highest BCUT2D eigenvalue weighted by molar-refractivity contribution is 7.99. The van der Waals surface area contributed by atoms with Gasteiger partial charge in [-0.15, -0.1) is 4.72 Å². The van der Waals surface area contributed by atoms with Crippen molar-refractivity contribution in [1.29, 1.82) is 0 Å². The largest absolute Gasteiger partial charge is 0.598 e. The average Bonchev–Trinajstić information content (AvgIpc) is 3.43. The lowest BCUT2D eigenvalue weighted by Crippen LogP contribution is -2.53. The molecular formula is C24H32N6OS2. The van der Waals surface area contributed by atoms with E-state index in [4.69, 9.17) is 4.98 Å². The zero-order chi connectivity index (χ0) is 23.1. The molecule has 5 rings (SSSR count). The minimum atomic E-state index is -1.03. The van der Waals surface area contributed by atoms with Crippen molar-refractivity contribution in [2.75, 3.05) is 18.0 Å². The second kappa shape index (κ2) is 9.09. The van der Waals surface area contributed by atoms with Gasteiger partial charge < -0.3 is 9.45 Å². The molecule has 1 N–H and O–H groups in total. The molecule has 9 heteroatoms. The molecule has 0 bridgehead atoms. The maximum atomic E-state index is 12.8. The molecule has 2 aliphatic rings. The summed E-state index contributed by atoms with van der Waals surface area (Å²) in [6, 6.07) is 6.25. The van der Waals surface area contributed by atoms with Crippen LogP contribution in [0.2, 0.25) is 0 Å². The maximum absolute atomic E-state index is 12.8. The highest BCUT2D eigenvalue weighted by atomic mass is 32.2. The van der Waals surface area contributed by atoms with E-state index in [0.29, 0.717) is 6.04 Å². The van der Waals surface area contributed by atoms with Crippen molar-refractivity contribution in [2.45, 2.75) is 73.6 Å². The maximum Gasteiger partial charge on any atom is 0.211 e. The Morgan fingerprint density at radius 1 is 1.12 bits per heavy atom. The molecule has 3 aromatic heterocycles. The summed E-state index contributed by atoms with van der Waals surface area (Å²) in [7, 11) is 0. The highest BCUT2D eigenvalue weighted by Gasteiger charge is 2.48. The van der Waals surface area contributed by atoms with Gasteiger partial charge in [0.1, 0.15) is 9.77 Å². The van der Waals surface area contributed by atoms with Crippen molar-refractivity contribution in [2.24, 2.45) is 5.41 Å². The number of pyridine rings is 1.